The van der Waals surface area contributed by atoms with Gasteiger partial charge in [-0.25, -0.2) is 0 Å². The van der Waals surface area contributed by atoms with Gasteiger partial charge in [-0.1, -0.05) is 37.3 Å². The number of hydrogen-bond donors (Lipinski definition) is 1. The van der Waals surface area contributed by atoms with Crippen molar-refractivity contribution in [2.45, 2.75) is 47.6 Å². The average Bonchev–Trinajstić information content (AvgIpc) is 2.47. The van der Waals surface area contributed by atoms with Crippen molar-refractivity contribution in [3.8, 4) is 11.1 Å². The van der Waals surface area contributed by atoms with Gasteiger partial charge in [-0.3, -0.25) is 0 Å². The Kier molecular flexibility index (Phi) is 5.19. The Hall–Kier alpha value is -1.60. The maximum atomic E-state index is 3.45. The van der Waals surface area contributed by atoms with Crippen LogP contribution in [0.5, 0.6) is 0 Å². The third-order valence-electron chi connectivity index (χ3n) is 4.36. The third-order valence-corrected chi connectivity index (χ3v) is 4.36. The molecule has 0 aliphatic heterocycles. The molecule has 0 aliphatic rings. The van der Waals surface area contributed by atoms with E-state index in [1.165, 1.54) is 45.4 Å². The smallest absolute Gasteiger partial charge is 0.0205 e. The highest BCUT2D eigenvalue weighted by atomic mass is 14.8. The van der Waals surface area contributed by atoms with E-state index in [1.54, 1.807) is 0 Å². The van der Waals surface area contributed by atoms with Gasteiger partial charge in [0.15, 0.2) is 0 Å². The van der Waals surface area contributed by atoms with Gasteiger partial charge in [0.1, 0.15) is 0 Å². The Morgan fingerprint density at radius 3 is 1.95 bits per heavy atom. The predicted octanol–water partition coefficient (Wildman–Crippen LogP) is 5.09. The summed E-state index contributed by atoms with van der Waals surface area (Å²) in [5.74, 6) is 0. The summed E-state index contributed by atoms with van der Waals surface area (Å²) in [5, 5.41) is 3.45. The van der Waals surface area contributed by atoms with E-state index in [0.29, 0.717) is 0 Å². The van der Waals surface area contributed by atoms with E-state index in [1.807, 2.05) is 0 Å². The first-order valence-corrected chi connectivity index (χ1v) is 7.92. The Labute approximate surface area is 129 Å². The fourth-order valence-corrected chi connectivity index (χ4v) is 2.85. The minimum absolute atomic E-state index is 0.957. The highest BCUT2D eigenvalue weighted by Gasteiger charge is 2.10. The van der Waals surface area contributed by atoms with E-state index >= 15 is 0 Å². The van der Waals surface area contributed by atoms with Crippen LogP contribution in [0.15, 0.2) is 30.3 Å². The lowest BCUT2D eigenvalue weighted by atomic mass is 9.89. The van der Waals surface area contributed by atoms with Crippen molar-refractivity contribution >= 4 is 0 Å². The molecule has 0 unspecified atom stereocenters. The summed E-state index contributed by atoms with van der Waals surface area (Å²) < 4.78 is 0. The van der Waals surface area contributed by atoms with Gasteiger partial charge in [-0.05, 0) is 79.6 Å². The lowest BCUT2D eigenvalue weighted by molar-refractivity contribution is 0.675. The molecule has 0 aromatic heterocycles. The van der Waals surface area contributed by atoms with Crippen LogP contribution in [0.4, 0.5) is 0 Å². The molecule has 112 valence electrons. The van der Waals surface area contributed by atoms with E-state index in [2.05, 4.69) is 70.3 Å². The molecule has 0 aliphatic carbocycles. The minimum atomic E-state index is 0.957. The van der Waals surface area contributed by atoms with Crippen LogP contribution in [0, 0.1) is 27.7 Å². The largest absolute Gasteiger partial charge is 0.313 e. The highest BCUT2D eigenvalue weighted by molar-refractivity contribution is 5.73. The van der Waals surface area contributed by atoms with Crippen molar-refractivity contribution in [1.82, 2.24) is 5.32 Å². The second-order valence-electron chi connectivity index (χ2n) is 6.01. The zero-order chi connectivity index (χ0) is 15.4. The first-order chi connectivity index (χ1) is 10.0. The monoisotopic (exact) mass is 281 g/mol. The molecular weight excluding hydrogens is 254 g/mol. The molecule has 0 fully saturated rings. The van der Waals surface area contributed by atoms with Crippen molar-refractivity contribution in [1.29, 1.82) is 0 Å². The average molecular weight is 281 g/mol. The van der Waals surface area contributed by atoms with Crippen LogP contribution in [-0.4, -0.2) is 6.54 Å². The quantitative estimate of drug-likeness (QED) is 0.753. The van der Waals surface area contributed by atoms with Crippen LogP contribution in [0.3, 0.4) is 0 Å². The van der Waals surface area contributed by atoms with Crippen LogP contribution in [0.1, 0.15) is 41.2 Å². The molecule has 0 atom stereocenters. The summed E-state index contributed by atoms with van der Waals surface area (Å²) in [4.78, 5) is 0. The van der Waals surface area contributed by atoms with Crippen LogP contribution in [-0.2, 0) is 6.54 Å². The maximum absolute atomic E-state index is 3.45. The van der Waals surface area contributed by atoms with Gasteiger partial charge in [0.2, 0.25) is 0 Å². The highest BCUT2D eigenvalue weighted by Crippen LogP contribution is 2.31. The van der Waals surface area contributed by atoms with Crippen molar-refractivity contribution in [3.63, 3.8) is 0 Å². The molecule has 0 saturated heterocycles. The van der Waals surface area contributed by atoms with Crippen LogP contribution < -0.4 is 5.32 Å². The number of hydrogen-bond acceptors (Lipinski definition) is 1. The summed E-state index contributed by atoms with van der Waals surface area (Å²) in [7, 11) is 0. The molecule has 0 amide bonds. The molecule has 21 heavy (non-hydrogen) atoms. The molecule has 0 spiro atoms. The Balaban J connectivity index is 2.31. The van der Waals surface area contributed by atoms with E-state index in [-0.39, 0.29) is 0 Å². The van der Waals surface area contributed by atoms with E-state index < -0.39 is 0 Å². The summed E-state index contributed by atoms with van der Waals surface area (Å²) in [6.07, 6.45) is 1.18. The Morgan fingerprint density at radius 1 is 0.857 bits per heavy atom. The second kappa shape index (κ2) is 6.91. The van der Waals surface area contributed by atoms with Crippen molar-refractivity contribution < 1.29 is 0 Å². The van der Waals surface area contributed by atoms with Gasteiger partial charge in [-0.2, -0.15) is 0 Å². The van der Waals surface area contributed by atoms with Crippen molar-refractivity contribution in [3.05, 3.63) is 58.1 Å². The lowest BCUT2D eigenvalue weighted by Crippen LogP contribution is -2.13. The predicted molar refractivity (Wildman–Crippen MR) is 92.8 cm³/mol. The van der Waals surface area contributed by atoms with Gasteiger partial charge in [0.05, 0.1) is 0 Å². The molecule has 0 saturated carbocycles. The zero-order valence-electron chi connectivity index (χ0n) is 14.0. The topological polar surface area (TPSA) is 12.0 Å². The van der Waals surface area contributed by atoms with Crippen molar-refractivity contribution in [2.75, 3.05) is 6.54 Å². The number of benzene rings is 2. The standard InChI is InChI=1S/C20H27N/c1-6-11-21-13-18-7-9-19(10-8-18)20-16(4)14(2)12-15(3)17(20)5/h7-10,12,21H,6,11,13H2,1-5H3. The van der Waals surface area contributed by atoms with Gasteiger partial charge in [0, 0.05) is 6.54 Å². The summed E-state index contributed by atoms with van der Waals surface area (Å²) in [6, 6.07) is 11.3. The van der Waals surface area contributed by atoms with Gasteiger partial charge in [0.25, 0.3) is 0 Å². The minimum Gasteiger partial charge on any atom is -0.313 e. The normalized spacial score (nSPS) is 10.9. The molecular formula is C20H27N. The maximum Gasteiger partial charge on any atom is 0.0205 e. The molecule has 0 radical (unpaired) electrons. The van der Waals surface area contributed by atoms with E-state index in [0.717, 1.165) is 13.1 Å². The van der Waals surface area contributed by atoms with Gasteiger partial charge < -0.3 is 5.32 Å². The molecule has 2 aromatic rings. The van der Waals surface area contributed by atoms with Crippen LogP contribution >= 0.6 is 0 Å². The molecule has 0 heterocycles. The number of nitrogens with one attached hydrogen (secondary N) is 1. The van der Waals surface area contributed by atoms with Crippen LogP contribution in [0.2, 0.25) is 0 Å². The number of aryl methyl sites for hydroxylation is 2. The van der Waals surface area contributed by atoms with Gasteiger partial charge >= 0.3 is 0 Å². The molecule has 2 rings (SSSR count). The summed E-state index contributed by atoms with van der Waals surface area (Å²) in [5.41, 5.74) is 9.64. The SMILES string of the molecule is CCCNCc1ccc(-c2c(C)c(C)cc(C)c2C)cc1. The fraction of sp³-hybridized carbons (Fsp3) is 0.400. The summed E-state index contributed by atoms with van der Waals surface area (Å²) in [6.45, 7) is 13.1. The lowest BCUT2D eigenvalue weighted by Gasteiger charge is -2.16. The second-order valence-corrected chi connectivity index (χ2v) is 6.01. The van der Waals surface area contributed by atoms with E-state index in [9.17, 15) is 0 Å². The fourth-order valence-electron chi connectivity index (χ4n) is 2.85. The first kappa shape index (κ1) is 15.8. The zero-order valence-corrected chi connectivity index (χ0v) is 14.0. The molecule has 1 N–H and O–H groups in total. The summed E-state index contributed by atoms with van der Waals surface area (Å²) >= 11 is 0. The molecule has 0 bridgehead atoms. The van der Waals surface area contributed by atoms with Crippen LogP contribution in [0.25, 0.3) is 11.1 Å². The molecule has 2 aromatic carbocycles. The molecule has 1 nitrogen and oxygen atoms in total. The number of rotatable bonds is 5. The van der Waals surface area contributed by atoms with Crippen molar-refractivity contribution in [2.24, 2.45) is 0 Å². The Bertz CT molecular complexity index is 582. The molecule has 1 heteroatoms. The van der Waals surface area contributed by atoms with Gasteiger partial charge in [-0.15, -0.1) is 0 Å². The van der Waals surface area contributed by atoms with E-state index in [4.69, 9.17) is 0 Å². The first-order valence-electron chi connectivity index (χ1n) is 7.92. The third kappa shape index (κ3) is 3.54. The Morgan fingerprint density at radius 2 is 1.43 bits per heavy atom.